The Morgan fingerprint density at radius 2 is 2.00 bits per heavy atom. The first-order chi connectivity index (χ1) is 12.6. The molecule has 0 fully saturated rings. The van der Waals surface area contributed by atoms with E-state index in [2.05, 4.69) is 31.4 Å². The fourth-order valence-electron chi connectivity index (χ4n) is 2.54. The Morgan fingerprint density at radius 1 is 1.23 bits per heavy atom. The fourth-order valence-corrected chi connectivity index (χ4v) is 2.97. The predicted molar refractivity (Wildman–Crippen MR) is 102 cm³/mol. The maximum absolute atomic E-state index is 12.2. The van der Waals surface area contributed by atoms with Crippen molar-refractivity contribution < 1.29 is 9.72 Å². The molecule has 7 nitrogen and oxygen atoms in total. The molecule has 1 amide bonds. The molecule has 0 radical (unpaired) electrons. The smallest absolute Gasteiger partial charge is 0.269 e. The highest BCUT2D eigenvalue weighted by molar-refractivity contribution is 9.08. The van der Waals surface area contributed by atoms with Crippen LogP contribution in [0.2, 0.25) is 0 Å². The number of H-pyrrole nitrogens is 1. The lowest BCUT2D eigenvalue weighted by atomic mass is 10.1. The van der Waals surface area contributed by atoms with Crippen molar-refractivity contribution in [3.05, 3.63) is 76.0 Å². The molecule has 0 bridgehead atoms. The highest BCUT2D eigenvalue weighted by Gasteiger charge is 2.10. The fraction of sp³-hybridized carbons (Fsp3) is 0.111. The lowest BCUT2D eigenvalue weighted by molar-refractivity contribution is -0.384. The summed E-state index contributed by atoms with van der Waals surface area (Å²) < 4.78 is 0. The normalized spacial score (nSPS) is 10.5. The van der Waals surface area contributed by atoms with Crippen molar-refractivity contribution in [2.75, 3.05) is 5.32 Å². The van der Waals surface area contributed by atoms with Crippen molar-refractivity contribution in [2.24, 2.45) is 0 Å². The Hall–Kier alpha value is -3.00. The molecule has 8 heteroatoms. The van der Waals surface area contributed by atoms with Gasteiger partial charge in [0.15, 0.2) is 0 Å². The van der Waals surface area contributed by atoms with E-state index in [0.29, 0.717) is 16.6 Å². The van der Waals surface area contributed by atoms with Crippen molar-refractivity contribution in [1.29, 1.82) is 0 Å². The Labute approximate surface area is 157 Å². The molecule has 0 unspecified atom stereocenters. The SMILES string of the molecule is O=C(Cc1ccc([N+](=O)[O-])cc1)Nc1cccc(-c2[nH]ncc2CBr)c1. The van der Waals surface area contributed by atoms with E-state index < -0.39 is 4.92 Å². The largest absolute Gasteiger partial charge is 0.326 e. The van der Waals surface area contributed by atoms with E-state index in [-0.39, 0.29) is 18.0 Å². The third kappa shape index (κ3) is 4.15. The van der Waals surface area contributed by atoms with Crippen LogP contribution >= 0.6 is 15.9 Å². The number of nitrogens with zero attached hydrogens (tertiary/aromatic N) is 2. The van der Waals surface area contributed by atoms with Crippen molar-refractivity contribution in [2.45, 2.75) is 11.8 Å². The van der Waals surface area contributed by atoms with Crippen molar-refractivity contribution in [1.82, 2.24) is 10.2 Å². The second-order valence-corrected chi connectivity index (χ2v) is 6.19. The average molecular weight is 415 g/mol. The van der Waals surface area contributed by atoms with Gasteiger partial charge in [-0.15, -0.1) is 0 Å². The van der Waals surface area contributed by atoms with Crippen LogP contribution in [0.3, 0.4) is 0 Å². The monoisotopic (exact) mass is 414 g/mol. The van der Waals surface area contributed by atoms with E-state index in [1.807, 2.05) is 18.2 Å². The van der Waals surface area contributed by atoms with E-state index in [1.165, 1.54) is 12.1 Å². The molecule has 0 aliphatic heterocycles. The lowest BCUT2D eigenvalue weighted by Crippen LogP contribution is -2.14. The first-order valence-corrected chi connectivity index (χ1v) is 8.91. The number of hydrogen-bond acceptors (Lipinski definition) is 4. The van der Waals surface area contributed by atoms with Crippen molar-refractivity contribution in [3.8, 4) is 11.3 Å². The van der Waals surface area contributed by atoms with Gasteiger partial charge in [-0.3, -0.25) is 20.0 Å². The number of rotatable bonds is 6. The first-order valence-electron chi connectivity index (χ1n) is 7.78. The molecule has 2 aromatic carbocycles. The molecule has 1 aromatic heterocycles. The number of carbonyl (C=O) groups excluding carboxylic acids is 1. The standard InChI is InChI=1S/C18H15BrN4O3/c19-10-14-11-20-22-18(14)13-2-1-3-15(9-13)21-17(24)8-12-4-6-16(7-5-12)23(25)26/h1-7,9,11H,8,10H2,(H,20,22)(H,21,24). The van der Waals surface area contributed by atoms with Crippen LogP contribution in [0.1, 0.15) is 11.1 Å². The third-order valence-corrected chi connectivity index (χ3v) is 4.41. The average Bonchev–Trinajstić information content (AvgIpc) is 3.11. The summed E-state index contributed by atoms with van der Waals surface area (Å²) in [5, 5.41) is 21.2. The van der Waals surface area contributed by atoms with Crippen LogP contribution in [-0.4, -0.2) is 21.0 Å². The molecule has 3 aromatic rings. The second kappa shape index (κ2) is 7.92. The maximum Gasteiger partial charge on any atom is 0.269 e. The Balaban J connectivity index is 1.69. The molecule has 0 aliphatic carbocycles. The van der Waals surface area contributed by atoms with Gasteiger partial charge in [0.2, 0.25) is 5.91 Å². The van der Waals surface area contributed by atoms with E-state index in [4.69, 9.17) is 0 Å². The number of aromatic nitrogens is 2. The van der Waals surface area contributed by atoms with Gasteiger partial charge in [0.05, 0.1) is 23.2 Å². The van der Waals surface area contributed by atoms with Crippen molar-refractivity contribution >= 4 is 33.2 Å². The highest BCUT2D eigenvalue weighted by atomic mass is 79.9. The summed E-state index contributed by atoms with van der Waals surface area (Å²) >= 11 is 3.42. The molecule has 3 rings (SSSR count). The van der Waals surface area contributed by atoms with Gasteiger partial charge < -0.3 is 5.32 Å². The van der Waals surface area contributed by atoms with Gasteiger partial charge in [-0.2, -0.15) is 5.10 Å². The van der Waals surface area contributed by atoms with Crippen LogP contribution in [0, 0.1) is 10.1 Å². The molecular weight excluding hydrogens is 400 g/mol. The number of nitro benzene ring substituents is 1. The summed E-state index contributed by atoms with van der Waals surface area (Å²) in [7, 11) is 0. The number of alkyl halides is 1. The molecule has 0 saturated heterocycles. The number of aromatic amines is 1. The maximum atomic E-state index is 12.2. The third-order valence-electron chi connectivity index (χ3n) is 3.81. The topological polar surface area (TPSA) is 101 Å². The van der Waals surface area contributed by atoms with E-state index in [9.17, 15) is 14.9 Å². The molecule has 2 N–H and O–H groups in total. The van der Waals surface area contributed by atoms with Gasteiger partial charge >= 0.3 is 0 Å². The molecular formula is C18H15BrN4O3. The molecule has 0 aliphatic rings. The van der Waals surface area contributed by atoms with Gasteiger partial charge in [0, 0.05) is 34.3 Å². The van der Waals surface area contributed by atoms with Crippen LogP contribution < -0.4 is 5.32 Å². The number of hydrogen-bond donors (Lipinski definition) is 2. The summed E-state index contributed by atoms with van der Waals surface area (Å²) in [5.41, 5.74) is 4.23. The minimum absolute atomic E-state index is 0.00372. The number of halogens is 1. The Morgan fingerprint density at radius 3 is 2.69 bits per heavy atom. The number of carbonyl (C=O) groups is 1. The van der Waals surface area contributed by atoms with Crippen molar-refractivity contribution in [3.63, 3.8) is 0 Å². The van der Waals surface area contributed by atoms with Crippen LogP contribution in [0.25, 0.3) is 11.3 Å². The minimum atomic E-state index is -0.466. The summed E-state index contributed by atoms with van der Waals surface area (Å²) in [6.45, 7) is 0. The first kappa shape index (κ1) is 17.8. The zero-order valence-corrected chi connectivity index (χ0v) is 15.2. The number of nitrogens with one attached hydrogen (secondary N) is 2. The zero-order chi connectivity index (χ0) is 18.5. The Kier molecular flexibility index (Phi) is 5.43. The molecule has 0 spiro atoms. The number of nitro groups is 1. The number of non-ortho nitro benzene ring substituents is 1. The van der Waals surface area contributed by atoms with E-state index in [1.54, 1.807) is 24.4 Å². The predicted octanol–water partition coefficient (Wildman–Crippen LogP) is 4.06. The van der Waals surface area contributed by atoms with E-state index in [0.717, 1.165) is 16.8 Å². The molecule has 26 heavy (non-hydrogen) atoms. The van der Waals surface area contributed by atoms with Crippen LogP contribution in [0.15, 0.2) is 54.7 Å². The zero-order valence-electron chi connectivity index (χ0n) is 13.6. The quantitative estimate of drug-likeness (QED) is 0.360. The summed E-state index contributed by atoms with van der Waals surface area (Å²) in [5.74, 6) is -0.193. The van der Waals surface area contributed by atoms with Gasteiger partial charge in [0.25, 0.3) is 5.69 Å². The Bertz CT molecular complexity index is 938. The van der Waals surface area contributed by atoms with Crippen LogP contribution in [-0.2, 0) is 16.5 Å². The molecule has 0 saturated carbocycles. The van der Waals surface area contributed by atoms with Gasteiger partial charge in [-0.05, 0) is 17.7 Å². The number of amides is 1. The summed E-state index contributed by atoms with van der Waals surface area (Å²) in [6, 6.07) is 13.4. The minimum Gasteiger partial charge on any atom is -0.326 e. The van der Waals surface area contributed by atoms with Gasteiger partial charge in [-0.25, -0.2) is 0 Å². The van der Waals surface area contributed by atoms with Crippen LogP contribution in [0.4, 0.5) is 11.4 Å². The molecule has 1 heterocycles. The molecule has 0 atom stereocenters. The van der Waals surface area contributed by atoms with E-state index >= 15 is 0 Å². The summed E-state index contributed by atoms with van der Waals surface area (Å²) in [6.07, 6.45) is 1.89. The second-order valence-electron chi connectivity index (χ2n) is 5.63. The number of anilines is 1. The van der Waals surface area contributed by atoms with Gasteiger partial charge in [-0.1, -0.05) is 40.2 Å². The molecule has 132 valence electrons. The summed E-state index contributed by atoms with van der Waals surface area (Å²) in [4.78, 5) is 22.4. The van der Waals surface area contributed by atoms with Gasteiger partial charge in [0.1, 0.15) is 0 Å². The van der Waals surface area contributed by atoms with Crippen LogP contribution in [0.5, 0.6) is 0 Å². The highest BCUT2D eigenvalue weighted by Crippen LogP contribution is 2.25. The lowest BCUT2D eigenvalue weighted by Gasteiger charge is -2.08. The number of benzene rings is 2.